The molecule has 1 saturated carbocycles. The molecular formula is C17H21F3N4O4S. The zero-order valence-corrected chi connectivity index (χ0v) is 16.5. The van der Waals surface area contributed by atoms with Gasteiger partial charge in [-0.25, -0.2) is 13.4 Å². The average Bonchev–Trinajstić information content (AvgIpc) is 3.50. The maximum absolute atomic E-state index is 12.9. The molecule has 3 rings (SSSR count). The summed E-state index contributed by atoms with van der Waals surface area (Å²) in [5.41, 5.74) is -6.17. The van der Waals surface area contributed by atoms with E-state index in [4.69, 9.17) is 0 Å². The monoisotopic (exact) mass is 434 g/mol. The van der Waals surface area contributed by atoms with Crippen molar-refractivity contribution in [1.82, 2.24) is 20.1 Å². The second-order valence-corrected chi connectivity index (χ2v) is 8.95. The van der Waals surface area contributed by atoms with Gasteiger partial charge in [0.25, 0.3) is 15.7 Å². The first-order valence-electron chi connectivity index (χ1n) is 9.12. The average molecular weight is 434 g/mol. The van der Waals surface area contributed by atoms with Gasteiger partial charge in [0.05, 0.1) is 11.6 Å². The van der Waals surface area contributed by atoms with Gasteiger partial charge in [0.15, 0.2) is 5.03 Å². The number of sulfone groups is 1. The number of rotatable bonds is 5. The van der Waals surface area contributed by atoms with Gasteiger partial charge in [-0.1, -0.05) is 0 Å². The van der Waals surface area contributed by atoms with Crippen LogP contribution in [0.2, 0.25) is 0 Å². The molecule has 1 aliphatic carbocycles. The second-order valence-electron chi connectivity index (χ2n) is 7.09. The third-order valence-electron chi connectivity index (χ3n) is 5.01. The molecule has 1 aromatic rings. The van der Waals surface area contributed by atoms with Crippen LogP contribution in [0.3, 0.4) is 0 Å². The van der Waals surface area contributed by atoms with Gasteiger partial charge in [0.2, 0.25) is 5.91 Å². The van der Waals surface area contributed by atoms with Crippen LogP contribution >= 0.6 is 0 Å². The normalized spacial score (nSPS) is 19.7. The number of aromatic nitrogens is 1. The SMILES string of the molecule is CC(C(=O)NC1CC1)N1CCN(C(=O)c2cccnc2S(=O)(=O)C(F)(F)F)CC1. The van der Waals surface area contributed by atoms with Crippen LogP contribution in [0.4, 0.5) is 13.2 Å². The van der Waals surface area contributed by atoms with Gasteiger partial charge >= 0.3 is 5.51 Å². The van der Waals surface area contributed by atoms with Gasteiger partial charge in [0.1, 0.15) is 0 Å². The lowest BCUT2D eigenvalue weighted by atomic mass is 10.2. The number of alkyl halides is 3. The minimum Gasteiger partial charge on any atom is -0.352 e. The van der Waals surface area contributed by atoms with E-state index in [0.29, 0.717) is 13.1 Å². The fourth-order valence-electron chi connectivity index (χ4n) is 3.08. The van der Waals surface area contributed by atoms with Gasteiger partial charge in [0, 0.05) is 38.4 Å². The van der Waals surface area contributed by atoms with Crippen LogP contribution in [0, 0.1) is 0 Å². The number of hydrogen-bond donors (Lipinski definition) is 1. The van der Waals surface area contributed by atoms with Gasteiger partial charge in [-0.05, 0) is 31.9 Å². The third kappa shape index (κ3) is 4.53. The number of nitrogens with zero attached hydrogens (tertiary/aromatic N) is 3. The highest BCUT2D eigenvalue weighted by Crippen LogP contribution is 2.31. The van der Waals surface area contributed by atoms with Crippen LogP contribution in [0.25, 0.3) is 0 Å². The molecule has 0 spiro atoms. The summed E-state index contributed by atoms with van der Waals surface area (Å²) < 4.78 is 62.3. The molecule has 1 saturated heterocycles. The Labute approximate surface area is 166 Å². The summed E-state index contributed by atoms with van der Waals surface area (Å²) in [6, 6.07) is 2.06. The smallest absolute Gasteiger partial charge is 0.352 e. The van der Waals surface area contributed by atoms with Crippen LogP contribution < -0.4 is 5.32 Å². The molecule has 0 bridgehead atoms. The van der Waals surface area contributed by atoms with Crippen LogP contribution in [-0.2, 0) is 14.6 Å². The lowest BCUT2D eigenvalue weighted by Gasteiger charge is -2.37. The van der Waals surface area contributed by atoms with E-state index in [1.165, 1.54) is 11.0 Å². The highest BCUT2D eigenvalue weighted by molar-refractivity contribution is 7.92. The van der Waals surface area contributed by atoms with Crippen LogP contribution in [0.15, 0.2) is 23.4 Å². The Morgan fingerprint density at radius 2 is 1.83 bits per heavy atom. The van der Waals surface area contributed by atoms with Crippen molar-refractivity contribution in [2.24, 2.45) is 0 Å². The Balaban J connectivity index is 1.69. The van der Waals surface area contributed by atoms with Crippen molar-refractivity contribution in [3.63, 3.8) is 0 Å². The fourth-order valence-corrected chi connectivity index (χ4v) is 3.94. The van der Waals surface area contributed by atoms with Crippen LogP contribution in [0.1, 0.15) is 30.1 Å². The molecule has 1 N–H and O–H groups in total. The number of piperazine rings is 1. The molecule has 1 aliphatic heterocycles. The van der Waals surface area contributed by atoms with E-state index in [2.05, 4.69) is 10.3 Å². The molecule has 0 aromatic carbocycles. The molecule has 1 atom stereocenters. The van der Waals surface area contributed by atoms with Gasteiger partial charge in [-0.2, -0.15) is 13.2 Å². The highest BCUT2D eigenvalue weighted by Gasteiger charge is 2.50. The summed E-state index contributed by atoms with van der Waals surface area (Å²) in [4.78, 5) is 31.3. The summed E-state index contributed by atoms with van der Waals surface area (Å²) in [6.45, 7) is 2.74. The van der Waals surface area contributed by atoms with Crippen LogP contribution in [-0.4, -0.2) is 78.8 Å². The molecule has 160 valence electrons. The molecule has 2 aliphatic rings. The first-order valence-corrected chi connectivity index (χ1v) is 10.6. The first-order chi connectivity index (χ1) is 13.5. The Hall–Kier alpha value is -2.21. The third-order valence-corrected chi connectivity index (χ3v) is 6.46. The van der Waals surface area contributed by atoms with Gasteiger partial charge in [-0.15, -0.1) is 0 Å². The minimum absolute atomic E-state index is 0.0990. The Morgan fingerprint density at radius 3 is 2.38 bits per heavy atom. The molecular weight excluding hydrogens is 413 g/mol. The fraction of sp³-hybridized carbons (Fsp3) is 0.588. The maximum Gasteiger partial charge on any atom is 0.503 e. The minimum atomic E-state index is -5.75. The summed E-state index contributed by atoms with van der Waals surface area (Å²) in [5.74, 6) is -0.936. The van der Waals surface area contributed by atoms with Crippen molar-refractivity contribution in [2.75, 3.05) is 26.2 Å². The number of hydrogen-bond acceptors (Lipinski definition) is 6. The number of pyridine rings is 1. The highest BCUT2D eigenvalue weighted by atomic mass is 32.2. The van der Waals surface area contributed by atoms with Crippen molar-refractivity contribution in [2.45, 2.75) is 42.4 Å². The zero-order chi connectivity index (χ0) is 21.4. The largest absolute Gasteiger partial charge is 0.503 e. The Kier molecular flexibility index (Phi) is 5.86. The molecule has 8 nitrogen and oxygen atoms in total. The number of amides is 2. The Bertz CT molecular complexity index is 894. The van der Waals surface area contributed by atoms with Crippen molar-refractivity contribution < 1.29 is 31.2 Å². The van der Waals surface area contributed by atoms with Crippen molar-refractivity contribution >= 4 is 21.7 Å². The van der Waals surface area contributed by atoms with E-state index in [1.807, 2.05) is 4.90 Å². The van der Waals surface area contributed by atoms with Crippen molar-refractivity contribution in [1.29, 1.82) is 0 Å². The van der Waals surface area contributed by atoms with E-state index in [-0.39, 0.29) is 25.0 Å². The summed E-state index contributed by atoms with van der Waals surface area (Å²) in [7, 11) is -5.75. The van der Waals surface area contributed by atoms with E-state index in [0.717, 1.165) is 25.1 Å². The standard InChI is InChI=1S/C17H21F3N4O4S/c1-11(14(25)22-12-4-5-12)23-7-9-24(10-8-23)16(26)13-3-2-6-21-15(13)29(27,28)17(18,19)20/h2-3,6,11-12H,4-5,7-10H2,1H3,(H,22,25). The number of carbonyl (C=O) groups is 2. The molecule has 1 unspecified atom stereocenters. The maximum atomic E-state index is 12.9. The van der Waals surface area contributed by atoms with E-state index < -0.39 is 37.9 Å². The number of carbonyl (C=O) groups excluding carboxylic acids is 2. The lowest BCUT2D eigenvalue weighted by molar-refractivity contribution is -0.126. The topological polar surface area (TPSA) is 99.7 Å². The van der Waals surface area contributed by atoms with Gasteiger partial charge in [-0.3, -0.25) is 14.5 Å². The second kappa shape index (κ2) is 7.90. The predicted octanol–water partition coefficient (Wildman–Crippen LogP) is 0.800. The van der Waals surface area contributed by atoms with Crippen molar-refractivity contribution in [3.05, 3.63) is 23.9 Å². The molecule has 2 fully saturated rings. The van der Waals surface area contributed by atoms with E-state index >= 15 is 0 Å². The quantitative estimate of drug-likeness (QED) is 0.736. The summed E-state index contributed by atoms with van der Waals surface area (Å²) in [5, 5.41) is 1.61. The Morgan fingerprint density at radius 1 is 1.21 bits per heavy atom. The molecule has 29 heavy (non-hydrogen) atoms. The van der Waals surface area contributed by atoms with Gasteiger partial charge < -0.3 is 10.2 Å². The first kappa shape index (κ1) is 21.5. The summed E-state index contributed by atoms with van der Waals surface area (Å²) in [6.07, 6.45) is 2.83. The van der Waals surface area contributed by atoms with Crippen LogP contribution in [0.5, 0.6) is 0 Å². The summed E-state index contributed by atoms with van der Waals surface area (Å²) >= 11 is 0. The number of halogens is 3. The molecule has 2 heterocycles. The molecule has 1 aromatic heterocycles. The molecule has 0 radical (unpaired) electrons. The molecule has 2 amide bonds. The number of nitrogens with one attached hydrogen (secondary N) is 1. The van der Waals surface area contributed by atoms with E-state index in [9.17, 15) is 31.2 Å². The van der Waals surface area contributed by atoms with Crippen molar-refractivity contribution in [3.8, 4) is 0 Å². The zero-order valence-electron chi connectivity index (χ0n) is 15.6. The predicted molar refractivity (Wildman–Crippen MR) is 95.6 cm³/mol. The molecule has 12 heteroatoms. The van der Waals surface area contributed by atoms with E-state index in [1.54, 1.807) is 6.92 Å². The lowest BCUT2D eigenvalue weighted by Crippen LogP contribution is -2.55.